The van der Waals surface area contributed by atoms with Gasteiger partial charge in [-0.25, -0.2) is 8.78 Å². The van der Waals surface area contributed by atoms with Gasteiger partial charge in [0.25, 0.3) is 5.56 Å². The summed E-state index contributed by atoms with van der Waals surface area (Å²) in [7, 11) is 0. The number of hydrogen-bond acceptors (Lipinski definition) is 6. The van der Waals surface area contributed by atoms with E-state index in [9.17, 15) is 42.8 Å². The van der Waals surface area contributed by atoms with Gasteiger partial charge in [0.2, 0.25) is 0 Å². The fourth-order valence-corrected chi connectivity index (χ4v) is 3.53. The van der Waals surface area contributed by atoms with Crippen molar-refractivity contribution in [3.8, 4) is 16.9 Å². The summed E-state index contributed by atoms with van der Waals surface area (Å²) in [6.45, 7) is 0. The van der Waals surface area contributed by atoms with Gasteiger partial charge in [-0.05, 0) is 42.5 Å². The van der Waals surface area contributed by atoms with Crippen molar-refractivity contribution in [1.82, 2.24) is 9.78 Å². The molecule has 0 unspecified atom stereocenters. The van der Waals surface area contributed by atoms with Gasteiger partial charge in [-0.2, -0.15) is 18.6 Å². The number of hydrogen-bond donors (Lipinski definition) is 4. The standard InChI is InChI=1S/C22H14F4N2O5/c23-11-4-7-13(8-5-11)28-20(29)16-10-12(24)6-9-14(16)19(27-28)15-2-1-3-17(21(25,30)31)18(15)22(26,32)33/h1-10,30-33H. The Kier molecular flexibility index (Phi) is 5.29. The second-order valence-electron chi connectivity index (χ2n) is 7.13. The summed E-state index contributed by atoms with van der Waals surface area (Å²) in [6, 6.07) is 1.65. The first kappa shape index (κ1) is 22.6. The molecule has 0 aliphatic rings. The van der Waals surface area contributed by atoms with Crippen LogP contribution in [0.5, 0.6) is 0 Å². The van der Waals surface area contributed by atoms with Gasteiger partial charge in [0.05, 0.1) is 27.9 Å². The van der Waals surface area contributed by atoms with Crippen molar-refractivity contribution in [2.75, 3.05) is 0 Å². The van der Waals surface area contributed by atoms with E-state index in [0.717, 1.165) is 47.1 Å². The van der Waals surface area contributed by atoms with Gasteiger partial charge >= 0.3 is 12.1 Å². The van der Waals surface area contributed by atoms with Crippen LogP contribution in [0.4, 0.5) is 17.6 Å². The van der Waals surface area contributed by atoms with Crippen LogP contribution in [-0.2, 0) is 12.1 Å². The third-order valence-corrected chi connectivity index (χ3v) is 4.91. The molecule has 3 aromatic carbocycles. The number of aromatic nitrogens is 2. The van der Waals surface area contributed by atoms with Crippen LogP contribution in [0.2, 0.25) is 0 Å². The third kappa shape index (κ3) is 4.10. The maximum Gasteiger partial charge on any atom is 0.345 e. The Morgan fingerprint density at radius 1 is 0.788 bits per heavy atom. The molecule has 0 saturated carbocycles. The van der Waals surface area contributed by atoms with Crippen molar-refractivity contribution in [3.05, 3.63) is 93.8 Å². The molecule has 0 aliphatic heterocycles. The lowest BCUT2D eigenvalue weighted by atomic mass is 9.94. The highest BCUT2D eigenvalue weighted by atomic mass is 19.2. The number of nitrogens with zero attached hydrogens (tertiary/aromatic N) is 2. The van der Waals surface area contributed by atoms with E-state index in [2.05, 4.69) is 5.10 Å². The largest absolute Gasteiger partial charge is 0.345 e. The van der Waals surface area contributed by atoms with E-state index in [0.29, 0.717) is 6.07 Å². The van der Waals surface area contributed by atoms with Gasteiger partial charge in [0, 0.05) is 10.9 Å². The number of alkyl halides is 2. The molecule has 33 heavy (non-hydrogen) atoms. The van der Waals surface area contributed by atoms with Crippen molar-refractivity contribution in [1.29, 1.82) is 0 Å². The average Bonchev–Trinajstić information content (AvgIpc) is 2.73. The van der Waals surface area contributed by atoms with Crippen LogP contribution in [0, 0.1) is 11.6 Å². The van der Waals surface area contributed by atoms with Gasteiger partial charge in [0.15, 0.2) is 0 Å². The van der Waals surface area contributed by atoms with Gasteiger partial charge in [-0.3, -0.25) is 4.79 Å². The minimum Gasteiger partial charge on any atom is -0.336 e. The maximum atomic E-state index is 14.4. The molecule has 1 heterocycles. The number of halogens is 4. The van der Waals surface area contributed by atoms with Crippen LogP contribution in [0.25, 0.3) is 27.7 Å². The molecule has 0 spiro atoms. The SMILES string of the molecule is O=c1c2cc(F)ccc2c(-c2cccc(C(O)(O)F)c2C(O)(O)F)nn1-c1ccc(F)cc1. The normalized spacial score (nSPS) is 12.4. The molecule has 4 N–H and O–H groups in total. The van der Waals surface area contributed by atoms with Crippen molar-refractivity contribution in [3.63, 3.8) is 0 Å². The molecule has 0 aliphatic carbocycles. The van der Waals surface area contributed by atoms with Crippen LogP contribution in [0.1, 0.15) is 11.1 Å². The number of aliphatic hydroxyl groups is 4. The lowest BCUT2D eigenvalue weighted by Gasteiger charge is -2.24. The fraction of sp³-hybridized carbons (Fsp3) is 0.0909. The van der Waals surface area contributed by atoms with E-state index in [1.165, 1.54) is 12.1 Å². The molecule has 0 saturated heterocycles. The first-order chi connectivity index (χ1) is 15.4. The molecule has 0 bridgehead atoms. The number of rotatable bonds is 4. The minimum absolute atomic E-state index is 0.0233. The maximum absolute atomic E-state index is 14.4. The van der Waals surface area contributed by atoms with Gasteiger partial charge < -0.3 is 20.4 Å². The quantitative estimate of drug-likeness (QED) is 0.274. The zero-order valence-corrected chi connectivity index (χ0v) is 16.4. The predicted molar refractivity (Wildman–Crippen MR) is 107 cm³/mol. The monoisotopic (exact) mass is 462 g/mol. The second-order valence-corrected chi connectivity index (χ2v) is 7.13. The molecule has 0 amide bonds. The summed E-state index contributed by atoms with van der Waals surface area (Å²) in [6.07, 6.45) is 0. The van der Waals surface area contributed by atoms with Crippen LogP contribution >= 0.6 is 0 Å². The molecule has 1 aromatic heterocycles. The molecular formula is C22H14F4N2O5. The summed E-state index contributed by atoms with van der Waals surface area (Å²) < 4.78 is 56.4. The zero-order chi connectivity index (χ0) is 24.1. The smallest absolute Gasteiger partial charge is 0.336 e. The first-order valence-electron chi connectivity index (χ1n) is 9.28. The Bertz CT molecular complexity index is 1420. The van der Waals surface area contributed by atoms with Crippen molar-refractivity contribution in [2.24, 2.45) is 0 Å². The van der Waals surface area contributed by atoms with Crippen LogP contribution in [0.15, 0.2) is 65.5 Å². The summed E-state index contributed by atoms with van der Waals surface area (Å²) in [5, 5.41) is 41.8. The Labute approximate surface area is 182 Å². The highest BCUT2D eigenvalue weighted by Crippen LogP contribution is 2.39. The highest BCUT2D eigenvalue weighted by Gasteiger charge is 2.40. The van der Waals surface area contributed by atoms with E-state index in [1.807, 2.05) is 0 Å². The van der Waals surface area contributed by atoms with Gasteiger partial charge in [-0.1, -0.05) is 18.2 Å². The van der Waals surface area contributed by atoms with E-state index in [-0.39, 0.29) is 22.2 Å². The summed E-state index contributed by atoms with van der Waals surface area (Å²) in [4.78, 5) is 13.0. The lowest BCUT2D eigenvalue weighted by Crippen LogP contribution is -2.29. The first-order valence-corrected chi connectivity index (χ1v) is 9.28. The van der Waals surface area contributed by atoms with E-state index >= 15 is 0 Å². The Morgan fingerprint density at radius 2 is 1.42 bits per heavy atom. The van der Waals surface area contributed by atoms with E-state index in [4.69, 9.17) is 0 Å². The minimum atomic E-state index is -4.28. The second kappa shape index (κ2) is 7.74. The summed E-state index contributed by atoms with van der Waals surface area (Å²) in [5.41, 5.74) is -4.28. The van der Waals surface area contributed by atoms with Crippen molar-refractivity contribution in [2.45, 2.75) is 12.1 Å². The highest BCUT2D eigenvalue weighted by molar-refractivity contribution is 5.95. The molecular weight excluding hydrogens is 448 g/mol. The topological polar surface area (TPSA) is 116 Å². The Morgan fingerprint density at radius 3 is 2.03 bits per heavy atom. The number of benzene rings is 3. The molecule has 0 atom stereocenters. The molecule has 4 rings (SSSR count). The third-order valence-electron chi connectivity index (χ3n) is 4.91. The Balaban J connectivity index is 2.16. The molecule has 11 heteroatoms. The Hall–Kier alpha value is -3.64. The zero-order valence-electron chi connectivity index (χ0n) is 16.4. The predicted octanol–water partition coefficient (Wildman–Crippen LogP) is 2.46. The molecule has 170 valence electrons. The van der Waals surface area contributed by atoms with Gasteiger partial charge in [0.1, 0.15) is 11.6 Å². The van der Waals surface area contributed by atoms with Crippen LogP contribution in [0.3, 0.4) is 0 Å². The summed E-state index contributed by atoms with van der Waals surface area (Å²) in [5.74, 6) is -1.43. The van der Waals surface area contributed by atoms with Crippen molar-refractivity contribution >= 4 is 10.8 Å². The van der Waals surface area contributed by atoms with E-state index in [1.54, 1.807) is 0 Å². The van der Waals surface area contributed by atoms with Crippen LogP contribution < -0.4 is 5.56 Å². The van der Waals surface area contributed by atoms with Crippen LogP contribution in [-0.4, -0.2) is 30.2 Å². The summed E-state index contributed by atoms with van der Waals surface area (Å²) >= 11 is 0. The average molecular weight is 462 g/mol. The molecule has 7 nitrogen and oxygen atoms in total. The van der Waals surface area contributed by atoms with Gasteiger partial charge in [-0.15, -0.1) is 0 Å². The fourth-order valence-electron chi connectivity index (χ4n) is 3.53. The number of fused-ring (bicyclic) bond motifs is 1. The van der Waals surface area contributed by atoms with Crippen molar-refractivity contribution < 1.29 is 38.0 Å². The molecule has 4 aromatic rings. The lowest BCUT2D eigenvalue weighted by molar-refractivity contribution is -0.290. The molecule has 0 radical (unpaired) electrons. The molecule has 0 fully saturated rings. The van der Waals surface area contributed by atoms with E-state index < -0.39 is 46.0 Å².